The molecule has 8 heteroatoms. The summed E-state index contributed by atoms with van der Waals surface area (Å²) in [6.07, 6.45) is 6.50. The Kier molecular flexibility index (Phi) is 7.79. The van der Waals surface area contributed by atoms with E-state index in [0.717, 1.165) is 77.9 Å². The second-order valence-corrected chi connectivity index (χ2v) is 12.9. The summed E-state index contributed by atoms with van der Waals surface area (Å²) in [4.78, 5) is 26.0. The number of hydrogen-bond acceptors (Lipinski definition) is 6. The molecule has 2 aliphatic rings. The predicted octanol–water partition coefficient (Wildman–Crippen LogP) is 7.60. The van der Waals surface area contributed by atoms with Gasteiger partial charge in [0.05, 0.1) is 6.04 Å². The van der Waals surface area contributed by atoms with Crippen LogP contribution in [0.25, 0.3) is 21.8 Å². The van der Waals surface area contributed by atoms with Crippen LogP contribution in [-0.2, 0) is 0 Å². The molecule has 1 unspecified atom stereocenters. The first kappa shape index (κ1) is 27.8. The van der Waals surface area contributed by atoms with E-state index in [-0.39, 0.29) is 6.04 Å². The minimum absolute atomic E-state index is 0.0803. The van der Waals surface area contributed by atoms with Crippen molar-refractivity contribution in [3.8, 4) is 10.4 Å². The van der Waals surface area contributed by atoms with Crippen molar-refractivity contribution in [3.63, 3.8) is 0 Å². The van der Waals surface area contributed by atoms with Crippen molar-refractivity contribution in [2.45, 2.75) is 72.3 Å². The van der Waals surface area contributed by atoms with Gasteiger partial charge in [0.1, 0.15) is 4.88 Å². The first-order valence-electron chi connectivity index (χ1n) is 14.9. The van der Waals surface area contributed by atoms with E-state index in [1.54, 1.807) is 0 Å². The van der Waals surface area contributed by atoms with Gasteiger partial charge in [0, 0.05) is 34.9 Å². The fourth-order valence-electron chi connectivity index (χ4n) is 6.81. The molecule has 1 N–H and O–H groups in total. The van der Waals surface area contributed by atoms with E-state index >= 15 is 0 Å². The lowest BCUT2D eigenvalue weighted by atomic mass is 9.75. The van der Waals surface area contributed by atoms with Gasteiger partial charge in [0.2, 0.25) is 0 Å². The van der Waals surface area contributed by atoms with Gasteiger partial charge in [0.25, 0.3) is 5.78 Å². The Balaban J connectivity index is 1.40. The molecule has 1 atom stereocenters. The van der Waals surface area contributed by atoms with Crippen LogP contribution in [0.15, 0.2) is 48.0 Å². The average molecular weight is 570 g/mol. The highest BCUT2D eigenvalue weighted by Crippen LogP contribution is 2.44. The largest absolute Gasteiger partial charge is 0.477 e. The van der Waals surface area contributed by atoms with Gasteiger partial charge in [-0.15, -0.1) is 16.4 Å². The Bertz CT molecular complexity index is 1600. The summed E-state index contributed by atoms with van der Waals surface area (Å²) in [5.41, 5.74) is 6.65. The number of carboxylic acids is 1. The van der Waals surface area contributed by atoms with Crippen molar-refractivity contribution in [1.82, 2.24) is 24.5 Å². The maximum atomic E-state index is 12.5. The monoisotopic (exact) mass is 569 g/mol. The Morgan fingerprint density at radius 3 is 2.56 bits per heavy atom. The molecule has 4 aromatic rings. The summed E-state index contributed by atoms with van der Waals surface area (Å²) in [7, 11) is 0. The van der Waals surface area contributed by atoms with Crippen molar-refractivity contribution in [1.29, 1.82) is 0 Å². The summed E-state index contributed by atoms with van der Waals surface area (Å²) in [5, 5.41) is 15.2. The van der Waals surface area contributed by atoms with Crippen molar-refractivity contribution in [2.75, 3.05) is 13.1 Å². The molecule has 1 fully saturated rings. The zero-order valence-electron chi connectivity index (χ0n) is 24.4. The van der Waals surface area contributed by atoms with Crippen LogP contribution < -0.4 is 0 Å². The van der Waals surface area contributed by atoms with Crippen LogP contribution in [0.1, 0.15) is 90.9 Å². The number of carbonyl (C=O) groups is 1. The molecular formula is C33H39N5O2S. The Morgan fingerprint density at radius 2 is 1.85 bits per heavy atom. The van der Waals surface area contributed by atoms with Gasteiger partial charge in [-0.2, -0.15) is 4.98 Å². The highest BCUT2D eigenvalue weighted by atomic mass is 32.1. The normalized spacial score (nSPS) is 21.0. The molecule has 1 aromatic carbocycles. The predicted molar refractivity (Wildman–Crippen MR) is 164 cm³/mol. The van der Waals surface area contributed by atoms with Crippen LogP contribution in [-0.4, -0.2) is 48.6 Å². The lowest BCUT2D eigenvalue weighted by Gasteiger charge is -2.39. The third-order valence-corrected chi connectivity index (χ3v) is 10.2. The number of rotatable bonds is 7. The lowest BCUT2D eigenvalue weighted by Crippen LogP contribution is -2.37. The average Bonchev–Trinajstić information content (AvgIpc) is 3.60. The smallest absolute Gasteiger partial charge is 0.346 e. The van der Waals surface area contributed by atoms with Crippen LogP contribution in [0.3, 0.4) is 0 Å². The molecule has 0 spiro atoms. The van der Waals surface area contributed by atoms with Gasteiger partial charge in [-0.05, 0) is 80.2 Å². The highest BCUT2D eigenvalue weighted by Gasteiger charge is 2.34. The first-order valence-corrected chi connectivity index (χ1v) is 15.7. The number of thiophene rings is 1. The molecule has 7 nitrogen and oxygen atoms in total. The maximum Gasteiger partial charge on any atom is 0.346 e. The van der Waals surface area contributed by atoms with Crippen LogP contribution in [0, 0.1) is 25.7 Å². The van der Waals surface area contributed by atoms with E-state index < -0.39 is 5.97 Å². The number of aryl methyl sites for hydroxylation is 2. The SMILES string of the molecule is CCC(c1nc2nc(C)cc(C)n2n1)N1CCC(c2cc(-c3ccccc3)sc2C(=O)O)=C(C2CCC(C)CC2)C1. The van der Waals surface area contributed by atoms with Crippen molar-refractivity contribution in [2.24, 2.45) is 11.8 Å². The summed E-state index contributed by atoms with van der Waals surface area (Å²) >= 11 is 1.40. The third-order valence-electron chi connectivity index (χ3n) is 8.99. The van der Waals surface area contributed by atoms with Gasteiger partial charge in [-0.25, -0.2) is 14.3 Å². The van der Waals surface area contributed by atoms with Crippen LogP contribution in [0.5, 0.6) is 0 Å². The second kappa shape index (κ2) is 11.5. The van der Waals surface area contributed by atoms with Gasteiger partial charge in [0.15, 0.2) is 5.82 Å². The van der Waals surface area contributed by atoms with Crippen LogP contribution in [0.2, 0.25) is 0 Å². The molecular weight excluding hydrogens is 530 g/mol. The molecule has 3 aromatic heterocycles. The van der Waals surface area contributed by atoms with Gasteiger partial charge in [-0.1, -0.05) is 57.0 Å². The number of aromatic nitrogens is 4. The molecule has 6 rings (SSSR count). The highest BCUT2D eigenvalue weighted by molar-refractivity contribution is 7.17. The summed E-state index contributed by atoms with van der Waals surface area (Å²) in [6.45, 7) is 10.3. The molecule has 41 heavy (non-hydrogen) atoms. The molecule has 4 heterocycles. The number of nitrogens with zero attached hydrogens (tertiary/aromatic N) is 5. The Labute approximate surface area is 246 Å². The van der Waals surface area contributed by atoms with Gasteiger partial charge >= 0.3 is 5.97 Å². The molecule has 0 amide bonds. The third kappa shape index (κ3) is 5.47. The molecule has 1 aliphatic carbocycles. The maximum absolute atomic E-state index is 12.5. The standard InChI is InChI=1S/C33H39N5O2S/c1-5-28(31-35-33-34-21(3)17-22(4)38(33)36-31)37-16-15-25(27(19-37)23-13-11-20(2)12-14-23)26-18-29(41-30(26)32(39)40)24-9-7-6-8-10-24/h6-10,17-18,20,23,28H,5,11-16,19H2,1-4H3,(H,39,40). The summed E-state index contributed by atoms with van der Waals surface area (Å²) in [6, 6.07) is 14.4. The van der Waals surface area contributed by atoms with Gasteiger partial charge < -0.3 is 5.11 Å². The van der Waals surface area contributed by atoms with E-state index in [1.165, 1.54) is 35.3 Å². The Hall–Kier alpha value is -3.36. The molecule has 0 saturated heterocycles. The van der Waals surface area contributed by atoms with Crippen molar-refractivity contribution < 1.29 is 9.90 Å². The van der Waals surface area contributed by atoms with E-state index in [1.807, 2.05) is 42.6 Å². The van der Waals surface area contributed by atoms with Crippen molar-refractivity contribution in [3.05, 3.63) is 75.7 Å². The fourth-order valence-corrected chi connectivity index (χ4v) is 7.84. The minimum atomic E-state index is -0.836. The topological polar surface area (TPSA) is 83.6 Å². The number of benzene rings is 1. The molecule has 214 valence electrons. The van der Waals surface area contributed by atoms with E-state index in [9.17, 15) is 9.90 Å². The summed E-state index contributed by atoms with van der Waals surface area (Å²) in [5.74, 6) is 1.87. The number of fused-ring (bicyclic) bond motifs is 1. The molecule has 1 saturated carbocycles. The van der Waals surface area contributed by atoms with Crippen LogP contribution in [0.4, 0.5) is 0 Å². The number of aromatic carboxylic acids is 1. The second-order valence-electron chi connectivity index (χ2n) is 11.9. The molecule has 1 aliphatic heterocycles. The minimum Gasteiger partial charge on any atom is -0.477 e. The van der Waals surface area contributed by atoms with Crippen LogP contribution >= 0.6 is 11.3 Å². The zero-order valence-corrected chi connectivity index (χ0v) is 25.2. The summed E-state index contributed by atoms with van der Waals surface area (Å²) < 4.78 is 1.86. The lowest BCUT2D eigenvalue weighted by molar-refractivity contribution is 0.0701. The first-order chi connectivity index (χ1) is 19.8. The van der Waals surface area contributed by atoms with E-state index in [4.69, 9.17) is 10.1 Å². The number of carboxylic acid groups (broad SMARTS) is 1. The molecule has 0 radical (unpaired) electrons. The fraction of sp³-hybridized carbons (Fsp3) is 0.455. The van der Waals surface area contributed by atoms with Gasteiger partial charge in [-0.3, -0.25) is 4.90 Å². The Morgan fingerprint density at radius 1 is 1.10 bits per heavy atom. The van der Waals surface area contributed by atoms with E-state index in [0.29, 0.717) is 16.6 Å². The molecule has 0 bridgehead atoms. The van der Waals surface area contributed by atoms with Crippen molar-refractivity contribution >= 4 is 28.7 Å². The number of hydrogen-bond donors (Lipinski definition) is 1. The van der Waals surface area contributed by atoms with E-state index in [2.05, 4.69) is 41.9 Å². The quantitative estimate of drug-likeness (QED) is 0.247. The zero-order chi connectivity index (χ0) is 28.7.